The van der Waals surface area contributed by atoms with Crippen LogP contribution in [0, 0.1) is 11.6 Å². The molecule has 2 heterocycles. The second-order valence-corrected chi connectivity index (χ2v) is 5.73. The van der Waals surface area contributed by atoms with Gasteiger partial charge in [0, 0.05) is 24.5 Å². The summed E-state index contributed by atoms with van der Waals surface area (Å²) < 4.78 is 36.7. The zero-order chi connectivity index (χ0) is 17.6. The fraction of sp³-hybridized carbons (Fsp3) is 0.125. The summed E-state index contributed by atoms with van der Waals surface area (Å²) in [7, 11) is 0. The molecule has 0 N–H and O–H groups in total. The Bertz CT molecular complexity index is 874. The quantitative estimate of drug-likeness (QED) is 0.378. The van der Waals surface area contributed by atoms with Crippen LogP contribution in [-0.2, 0) is 16.1 Å². The van der Waals surface area contributed by atoms with Crippen molar-refractivity contribution in [3.8, 4) is 11.3 Å². The molecule has 2 aromatic heterocycles. The number of carbonyl (C=O) groups excluding carboxylic acids is 1. The largest absolute Gasteiger partial charge is 0.458 e. The first-order valence-electron chi connectivity index (χ1n) is 7.08. The van der Waals surface area contributed by atoms with E-state index in [1.54, 1.807) is 18.5 Å². The van der Waals surface area contributed by atoms with E-state index < -0.39 is 17.6 Å². The molecule has 6 nitrogen and oxygen atoms in total. The number of halogens is 2. The summed E-state index contributed by atoms with van der Waals surface area (Å²) in [6, 6.07) is 6.22. The van der Waals surface area contributed by atoms with Gasteiger partial charge in [-0.2, -0.15) is 0 Å². The van der Waals surface area contributed by atoms with Gasteiger partial charge in [0.05, 0.1) is 11.3 Å². The molecule has 0 saturated heterocycles. The van der Waals surface area contributed by atoms with Crippen LogP contribution in [0.5, 0.6) is 0 Å². The van der Waals surface area contributed by atoms with Crippen molar-refractivity contribution in [1.82, 2.24) is 15.1 Å². The third kappa shape index (κ3) is 4.60. The maximum Gasteiger partial charge on any atom is 0.316 e. The van der Waals surface area contributed by atoms with Gasteiger partial charge in [-0.1, -0.05) is 16.9 Å². The first-order valence-corrected chi connectivity index (χ1v) is 8.07. The highest BCUT2D eigenvalue weighted by atomic mass is 32.2. The SMILES string of the molecule is O=C(CSc1ncccn1)OCc1cc(-c2ccc(F)cc2F)on1. The molecule has 3 rings (SSSR count). The topological polar surface area (TPSA) is 78.1 Å². The Morgan fingerprint density at radius 1 is 1.20 bits per heavy atom. The van der Waals surface area contributed by atoms with Gasteiger partial charge in [0.1, 0.15) is 23.9 Å². The van der Waals surface area contributed by atoms with Gasteiger partial charge in [0.25, 0.3) is 0 Å². The minimum Gasteiger partial charge on any atom is -0.458 e. The average Bonchev–Trinajstić information content (AvgIpc) is 3.08. The molecule has 1 aromatic carbocycles. The third-order valence-corrected chi connectivity index (χ3v) is 3.85. The summed E-state index contributed by atoms with van der Waals surface area (Å²) >= 11 is 1.14. The molecule has 0 fully saturated rings. The Labute approximate surface area is 145 Å². The lowest BCUT2D eigenvalue weighted by atomic mass is 10.1. The van der Waals surface area contributed by atoms with Crippen molar-refractivity contribution in [2.24, 2.45) is 0 Å². The molecule has 0 spiro atoms. The van der Waals surface area contributed by atoms with Crippen LogP contribution in [0.4, 0.5) is 8.78 Å². The third-order valence-electron chi connectivity index (χ3n) is 3.00. The van der Waals surface area contributed by atoms with Crippen LogP contribution in [-0.4, -0.2) is 26.8 Å². The minimum atomic E-state index is -0.765. The number of esters is 1. The molecule has 0 bridgehead atoms. The average molecular weight is 363 g/mol. The van der Waals surface area contributed by atoms with Crippen LogP contribution in [0.2, 0.25) is 0 Å². The van der Waals surface area contributed by atoms with Crippen molar-refractivity contribution in [1.29, 1.82) is 0 Å². The van der Waals surface area contributed by atoms with Gasteiger partial charge in [-0.05, 0) is 18.2 Å². The maximum absolute atomic E-state index is 13.7. The van der Waals surface area contributed by atoms with Gasteiger partial charge < -0.3 is 9.26 Å². The van der Waals surface area contributed by atoms with Crippen LogP contribution in [0.15, 0.2) is 52.4 Å². The number of nitrogens with zero attached hydrogens (tertiary/aromatic N) is 3. The van der Waals surface area contributed by atoms with Gasteiger partial charge >= 0.3 is 5.97 Å². The number of rotatable bonds is 6. The number of hydrogen-bond acceptors (Lipinski definition) is 7. The molecule has 128 valence electrons. The number of thioether (sulfide) groups is 1. The molecule has 25 heavy (non-hydrogen) atoms. The molecule has 0 aliphatic rings. The fourth-order valence-electron chi connectivity index (χ4n) is 1.88. The zero-order valence-corrected chi connectivity index (χ0v) is 13.5. The van der Waals surface area contributed by atoms with Crippen molar-refractivity contribution in [3.05, 3.63) is 60.1 Å². The summed E-state index contributed by atoms with van der Waals surface area (Å²) in [5.74, 6) is -1.76. The molecule has 3 aromatic rings. The van der Waals surface area contributed by atoms with E-state index in [1.165, 1.54) is 12.1 Å². The summed E-state index contributed by atoms with van der Waals surface area (Å²) in [6.45, 7) is -0.124. The van der Waals surface area contributed by atoms with Crippen molar-refractivity contribution in [3.63, 3.8) is 0 Å². The first kappa shape index (κ1) is 17.0. The van der Waals surface area contributed by atoms with Crippen molar-refractivity contribution >= 4 is 17.7 Å². The lowest BCUT2D eigenvalue weighted by Gasteiger charge is -2.01. The van der Waals surface area contributed by atoms with Gasteiger partial charge in [-0.25, -0.2) is 18.7 Å². The second-order valence-electron chi connectivity index (χ2n) is 4.79. The highest BCUT2D eigenvalue weighted by Gasteiger charge is 2.14. The van der Waals surface area contributed by atoms with E-state index in [4.69, 9.17) is 9.26 Å². The minimum absolute atomic E-state index is 0.0430. The molecule has 0 aliphatic carbocycles. The van der Waals surface area contributed by atoms with E-state index in [-0.39, 0.29) is 23.7 Å². The van der Waals surface area contributed by atoms with Crippen LogP contribution < -0.4 is 0 Å². The summed E-state index contributed by atoms with van der Waals surface area (Å²) in [5.41, 5.74) is 0.385. The van der Waals surface area contributed by atoms with E-state index >= 15 is 0 Å². The Hall–Kier alpha value is -2.81. The first-order chi connectivity index (χ1) is 12.1. The predicted octanol–water partition coefficient (Wildman–Crippen LogP) is 3.25. The van der Waals surface area contributed by atoms with E-state index in [0.717, 1.165) is 23.9 Å². The Morgan fingerprint density at radius 3 is 2.76 bits per heavy atom. The van der Waals surface area contributed by atoms with Crippen LogP contribution in [0.1, 0.15) is 5.69 Å². The molecule has 9 heteroatoms. The monoisotopic (exact) mass is 363 g/mol. The molecular formula is C16H11F2N3O3S. The Balaban J connectivity index is 1.54. The number of carbonyl (C=O) groups is 1. The van der Waals surface area contributed by atoms with Gasteiger partial charge in [-0.3, -0.25) is 4.79 Å². The maximum atomic E-state index is 13.7. The van der Waals surface area contributed by atoms with Gasteiger partial charge in [-0.15, -0.1) is 0 Å². The number of ether oxygens (including phenoxy) is 1. The van der Waals surface area contributed by atoms with Crippen molar-refractivity contribution in [2.75, 3.05) is 5.75 Å². The Kier molecular flexibility index (Phi) is 5.34. The summed E-state index contributed by atoms with van der Waals surface area (Å²) in [5, 5.41) is 4.17. The highest BCUT2D eigenvalue weighted by molar-refractivity contribution is 7.99. The zero-order valence-electron chi connectivity index (χ0n) is 12.7. The molecule has 0 amide bonds. The molecule has 0 unspecified atom stereocenters. The molecule has 0 atom stereocenters. The number of hydrogen-bond donors (Lipinski definition) is 0. The summed E-state index contributed by atoms with van der Waals surface area (Å²) in [6.07, 6.45) is 3.15. The van der Waals surface area contributed by atoms with Crippen molar-refractivity contribution in [2.45, 2.75) is 11.8 Å². The summed E-state index contributed by atoms with van der Waals surface area (Å²) in [4.78, 5) is 19.6. The van der Waals surface area contributed by atoms with Crippen LogP contribution >= 0.6 is 11.8 Å². The smallest absolute Gasteiger partial charge is 0.316 e. The van der Waals surface area contributed by atoms with Crippen LogP contribution in [0.25, 0.3) is 11.3 Å². The molecule has 0 aliphatic heterocycles. The standard InChI is InChI=1S/C16H11F2N3O3S/c17-10-2-3-12(13(18)6-10)14-7-11(21-24-14)8-23-15(22)9-25-16-19-4-1-5-20-16/h1-7H,8-9H2. The Morgan fingerprint density at radius 2 is 2.00 bits per heavy atom. The predicted molar refractivity (Wildman–Crippen MR) is 84.4 cm³/mol. The number of benzene rings is 1. The van der Waals surface area contributed by atoms with E-state index in [9.17, 15) is 13.6 Å². The molecule has 0 radical (unpaired) electrons. The van der Waals surface area contributed by atoms with Gasteiger partial charge in [0.15, 0.2) is 10.9 Å². The molecular weight excluding hydrogens is 352 g/mol. The fourth-order valence-corrected chi connectivity index (χ4v) is 2.48. The second kappa shape index (κ2) is 7.84. The van der Waals surface area contributed by atoms with E-state index in [2.05, 4.69) is 15.1 Å². The van der Waals surface area contributed by atoms with Gasteiger partial charge in [0.2, 0.25) is 0 Å². The highest BCUT2D eigenvalue weighted by Crippen LogP contribution is 2.24. The lowest BCUT2D eigenvalue weighted by Crippen LogP contribution is -2.07. The van der Waals surface area contributed by atoms with E-state index in [0.29, 0.717) is 10.9 Å². The van der Waals surface area contributed by atoms with E-state index in [1.807, 2.05) is 0 Å². The van der Waals surface area contributed by atoms with Crippen LogP contribution in [0.3, 0.4) is 0 Å². The normalized spacial score (nSPS) is 10.6. The van der Waals surface area contributed by atoms with Crippen molar-refractivity contribution < 1.29 is 22.8 Å². The number of aromatic nitrogens is 3. The lowest BCUT2D eigenvalue weighted by molar-refractivity contribution is -0.141. The molecule has 0 saturated carbocycles.